The van der Waals surface area contributed by atoms with Crippen molar-refractivity contribution >= 4 is 34.4 Å². The van der Waals surface area contributed by atoms with Crippen LogP contribution in [0.3, 0.4) is 0 Å². The molecule has 7 heteroatoms. The standard InChI is InChI=1S/C12H15IN2O4/c1-7-4-8(6-12(2,3)19-11(14)16)10(15(17)18)5-9(7)13/h4-5H,6H2,1-3H3,(H2,14,16). The molecule has 19 heavy (non-hydrogen) atoms. The Balaban J connectivity index is 3.16. The molecule has 0 aromatic heterocycles. The summed E-state index contributed by atoms with van der Waals surface area (Å²) in [7, 11) is 0. The number of carbonyl (C=O) groups is 1. The molecule has 0 spiro atoms. The van der Waals surface area contributed by atoms with Crippen molar-refractivity contribution < 1.29 is 14.5 Å². The quantitative estimate of drug-likeness (QED) is 0.495. The van der Waals surface area contributed by atoms with E-state index in [1.165, 1.54) is 6.07 Å². The Kier molecular flexibility index (Phi) is 4.72. The minimum absolute atomic E-state index is 0.0242. The maximum Gasteiger partial charge on any atom is 0.405 e. The molecule has 1 aromatic carbocycles. The van der Waals surface area contributed by atoms with Crippen molar-refractivity contribution in [1.29, 1.82) is 0 Å². The smallest absolute Gasteiger partial charge is 0.405 e. The highest BCUT2D eigenvalue weighted by Crippen LogP contribution is 2.28. The number of nitrogens with zero attached hydrogens (tertiary/aromatic N) is 1. The third kappa shape index (κ3) is 4.34. The van der Waals surface area contributed by atoms with E-state index in [4.69, 9.17) is 10.5 Å². The lowest BCUT2D eigenvalue weighted by atomic mass is 9.96. The summed E-state index contributed by atoms with van der Waals surface area (Å²) in [5, 5.41) is 11.1. The van der Waals surface area contributed by atoms with Gasteiger partial charge in [-0.2, -0.15) is 0 Å². The molecular weight excluding hydrogens is 363 g/mol. The van der Waals surface area contributed by atoms with Crippen LogP contribution >= 0.6 is 22.6 Å². The van der Waals surface area contributed by atoms with Crippen LogP contribution in [-0.4, -0.2) is 16.6 Å². The van der Waals surface area contributed by atoms with Gasteiger partial charge in [-0.1, -0.05) is 0 Å². The molecular formula is C12H15IN2O4. The number of hydrogen-bond acceptors (Lipinski definition) is 4. The molecule has 0 radical (unpaired) electrons. The average molecular weight is 378 g/mol. The lowest BCUT2D eigenvalue weighted by Crippen LogP contribution is -2.33. The summed E-state index contributed by atoms with van der Waals surface area (Å²) < 4.78 is 5.78. The first kappa shape index (κ1) is 15.7. The van der Waals surface area contributed by atoms with Crippen LogP contribution in [0.1, 0.15) is 25.0 Å². The summed E-state index contributed by atoms with van der Waals surface area (Å²) in [5.74, 6) is 0. The Hall–Kier alpha value is -1.38. The molecule has 6 nitrogen and oxygen atoms in total. The van der Waals surface area contributed by atoms with Gasteiger partial charge in [-0.3, -0.25) is 10.1 Å². The highest BCUT2D eigenvalue weighted by Gasteiger charge is 2.27. The molecule has 0 unspecified atom stereocenters. The van der Waals surface area contributed by atoms with E-state index in [1.54, 1.807) is 19.9 Å². The molecule has 1 amide bonds. The third-order valence-electron chi connectivity index (χ3n) is 2.55. The fourth-order valence-corrected chi connectivity index (χ4v) is 2.26. The highest BCUT2D eigenvalue weighted by atomic mass is 127. The number of hydrogen-bond donors (Lipinski definition) is 1. The zero-order valence-corrected chi connectivity index (χ0v) is 13.1. The minimum atomic E-state index is -0.894. The maximum atomic E-state index is 11.1. The average Bonchev–Trinajstić information content (AvgIpc) is 2.19. The van der Waals surface area contributed by atoms with Crippen LogP contribution in [0.5, 0.6) is 0 Å². The van der Waals surface area contributed by atoms with E-state index in [0.29, 0.717) is 5.56 Å². The SMILES string of the molecule is Cc1cc(CC(C)(C)OC(N)=O)c([N+](=O)[O-])cc1I. The monoisotopic (exact) mass is 378 g/mol. The molecule has 0 bridgehead atoms. The molecule has 0 saturated carbocycles. The van der Waals surface area contributed by atoms with Crippen LogP contribution in [0.15, 0.2) is 12.1 Å². The summed E-state index contributed by atoms with van der Waals surface area (Å²) in [5.41, 5.74) is 5.58. The number of aryl methyl sites for hydroxylation is 1. The number of primary amides is 1. The van der Waals surface area contributed by atoms with Crippen LogP contribution in [0.25, 0.3) is 0 Å². The van der Waals surface area contributed by atoms with E-state index in [9.17, 15) is 14.9 Å². The van der Waals surface area contributed by atoms with Crippen molar-refractivity contribution in [3.05, 3.63) is 36.9 Å². The van der Waals surface area contributed by atoms with E-state index >= 15 is 0 Å². The van der Waals surface area contributed by atoms with Crippen molar-refractivity contribution in [1.82, 2.24) is 0 Å². The van der Waals surface area contributed by atoms with Gasteiger partial charge in [-0.05, 0) is 55.0 Å². The van der Waals surface area contributed by atoms with Gasteiger partial charge in [0.15, 0.2) is 0 Å². The number of benzene rings is 1. The first-order valence-corrected chi connectivity index (χ1v) is 6.62. The molecule has 0 aliphatic rings. The number of rotatable bonds is 4. The zero-order chi connectivity index (χ0) is 14.8. The second-order valence-electron chi connectivity index (χ2n) is 4.84. The summed E-state index contributed by atoms with van der Waals surface area (Å²) >= 11 is 2.05. The van der Waals surface area contributed by atoms with Gasteiger partial charge in [0.1, 0.15) is 5.60 Å². The van der Waals surface area contributed by atoms with Gasteiger partial charge in [-0.25, -0.2) is 4.79 Å². The second-order valence-corrected chi connectivity index (χ2v) is 6.01. The van der Waals surface area contributed by atoms with Crippen molar-refractivity contribution in [2.45, 2.75) is 32.8 Å². The predicted molar refractivity (Wildman–Crippen MR) is 79.0 cm³/mol. The summed E-state index contributed by atoms with van der Waals surface area (Å²) in [6.07, 6.45) is -0.667. The van der Waals surface area contributed by atoms with E-state index in [2.05, 4.69) is 0 Å². The Bertz CT molecular complexity index is 529. The van der Waals surface area contributed by atoms with Crippen molar-refractivity contribution in [3.8, 4) is 0 Å². The third-order valence-corrected chi connectivity index (χ3v) is 3.71. The Morgan fingerprint density at radius 2 is 2.11 bits per heavy atom. The van der Waals surface area contributed by atoms with Crippen LogP contribution in [-0.2, 0) is 11.2 Å². The summed E-state index contributed by atoms with van der Waals surface area (Å²) in [4.78, 5) is 21.4. The van der Waals surface area contributed by atoms with Crippen molar-refractivity contribution in [2.75, 3.05) is 0 Å². The Morgan fingerprint density at radius 3 is 2.58 bits per heavy atom. The number of halogens is 1. The largest absolute Gasteiger partial charge is 0.443 e. The summed E-state index contributed by atoms with van der Waals surface area (Å²) in [6.45, 7) is 5.19. The molecule has 0 atom stereocenters. The maximum absolute atomic E-state index is 11.1. The molecule has 0 fully saturated rings. The Labute approximate surface area is 124 Å². The molecule has 104 valence electrons. The molecule has 1 aromatic rings. The zero-order valence-electron chi connectivity index (χ0n) is 10.9. The number of carbonyl (C=O) groups excluding carboxylic acids is 1. The van der Waals surface area contributed by atoms with Gasteiger partial charge in [0.2, 0.25) is 0 Å². The van der Waals surface area contributed by atoms with Crippen LogP contribution in [0, 0.1) is 20.6 Å². The van der Waals surface area contributed by atoms with Crippen molar-refractivity contribution in [2.24, 2.45) is 5.73 Å². The number of nitrogens with two attached hydrogens (primary N) is 1. The van der Waals surface area contributed by atoms with E-state index in [0.717, 1.165) is 9.13 Å². The fraction of sp³-hybridized carbons (Fsp3) is 0.417. The molecule has 0 aliphatic heterocycles. The Morgan fingerprint density at radius 1 is 1.53 bits per heavy atom. The van der Waals surface area contributed by atoms with Gasteiger partial charge in [0.25, 0.3) is 5.69 Å². The van der Waals surface area contributed by atoms with Gasteiger partial charge in [-0.15, -0.1) is 0 Å². The summed E-state index contributed by atoms with van der Waals surface area (Å²) in [6, 6.07) is 3.26. The second kappa shape index (κ2) is 5.72. The normalized spacial score (nSPS) is 11.2. The lowest BCUT2D eigenvalue weighted by Gasteiger charge is -2.24. The van der Waals surface area contributed by atoms with Gasteiger partial charge >= 0.3 is 6.09 Å². The first-order valence-electron chi connectivity index (χ1n) is 5.54. The number of amides is 1. The number of ether oxygens (including phenoxy) is 1. The molecule has 1 rings (SSSR count). The number of nitro benzene ring substituents is 1. The lowest BCUT2D eigenvalue weighted by molar-refractivity contribution is -0.385. The van der Waals surface area contributed by atoms with Gasteiger partial charge in [0.05, 0.1) is 4.92 Å². The topological polar surface area (TPSA) is 95.5 Å². The van der Waals surface area contributed by atoms with Crippen LogP contribution < -0.4 is 5.73 Å². The highest BCUT2D eigenvalue weighted by molar-refractivity contribution is 14.1. The number of nitro groups is 1. The van der Waals surface area contributed by atoms with Crippen molar-refractivity contribution in [3.63, 3.8) is 0 Å². The fourth-order valence-electron chi connectivity index (χ4n) is 1.81. The van der Waals surface area contributed by atoms with E-state index < -0.39 is 16.6 Å². The van der Waals surface area contributed by atoms with Gasteiger partial charge < -0.3 is 10.5 Å². The van der Waals surface area contributed by atoms with E-state index in [-0.39, 0.29) is 12.1 Å². The molecule has 2 N–H and O–H groups in total. The molecule has 0 aliphatic carbocycles. The molecule has 0 saturated heterocycles. The first-order chi connectivity index (χ1) is 8.62. The van der Waals surface area contributed by atoms with Crippen LogP contribution in [0.2, 0.25) is 0 Å². The van der Waals surface area contributed by atoms with Crippen LogP contribution in [0.4, 0.5) is 10.5 Å². The predicted octanol–water partition coefficient (Wildman–Crippen LogP) is 2.92. The minimum Gasteiger partial charge on any atom is -0.443 e. The van der Waals surface area contributed by atoms with E-state index in [1.807, 2.05) is 29.5 Å². The van der Waals surface area contributed by atoms with Gasteiger partial charge in [0, 0.05) is 21.6 Å². The molecule has 0 heterocycles.